The van der Waals surface area contributed by atoms with Gasteiger partial charge in [-0.05, 0) is 53.9 Å². The van der Waals surface area contributed by atoms with E-state index >= 15 is 0 Å². The van der Waals surface area contributed by atoms with Crippen LogP contribution in [0.15, 0.2) is 77.2 Å². The first-order valence-corrected chi connectivity index (χ1v) is 10.0. The van der Waals surface area contributed by atoms with Gasteiger partial charge in [-0.15, -0.1) is 0 Å². The van der Waals surface area contributed by atoms with Crippen molar-refractivity contribution < 1.29 is 13.6 Å². The molecule has 0 aliphatic rings. The Bertz CT molecular complexity index is 1570. The lowest BCUT2D eigenvalue weighted by atomic mass is 10.0. The highest BCUT2D eigenvalue weighted by Gasteiger charge is 2.15. The maximum Gasteiger partial charge on any atom is 0.258 e. The number of fused-ring (bicyclic) bond motifs is 2. The van der Waals surface area contributed by atoms with E-state index in [4.69, 9.17) is 21.3 Å². The van der Waals surface area contributed by atoms with Crippen molar-refractivity contribution in [3.8, 4) is 17.5 Å². The Morgan fingerprint density at radius 1 is 1.03 bits per heavy atom. The summed E-state index contributed by atoms with van der Waals surface area (Å²) in [7, 11) is 0. The normalized spacial score (nSPS) is 10.9. The van der Waals surface area contributed by atoms with Gasteiger partial charge in [-0.1, -0.05) is 35.9 Å². The number of hydrogen-bond donors (Lipinski definition) is 1. The van der Waals surface area contributed by atoms with Crippen LogP contribution in [0.2, 0.25) is 5.02 Å². The van der Waals surface area contributed by atoms with E-state index in [1.54, 1.807) is 18.2 Å². The van der Waals surface area contributed by atoms with Crippen molar-refractivity contribution in [3.05, 3.63) is 94.8 Å². The minimum absolute atomic E-state index is 0.144. The summed E-state index contributed by atoms with van der Waals surface area (Å²) >= 11 is 6.31. The number of hydrogen-bond acceptors (Lipinski definition) is 4. The summed E-state index contributed by atoms with van der Waals surface area (Å²) < 4.78 is 20.1. The number of amides is 1. The number of anilines is 1. The van der Waals surface area contributed by atoms with Crippen molar-refractivity contribution in [2.24, 2.45) is 0 Å². The SMILES string of the molecule is N#Cc1ccc(C(=O)Nc2ccc3oc(-c4cccc5c(Cl)cccc45)nc3c2)c(F)c1. The van der Waals surface area contributed by atoms with Crippen LogP contribution in [-0.4, -0.2) is 10.9 Å². The molecule has 5 aromatic rings. The summed E-state index contributed by atoms with van der Waals surface area (Å²) in [6.45, 7) is 0. The number of halogens is 2. The number of rotatable bonds is 3. The fourth-order valence-corrected chi connectivity index (χ4v) is 3.78. The standard InChI is InChI=1S/C25H13ClFN3O2/c26-20-6-2-3-16-17(20)4-1-5-18(16)25-30-22-12-15(8-10-23(22)32-25)29-24(31)19-9-7-14(13-28)11-21(19)27/h1-12H,(H,29,31). The Morgan fingerprint density at radius 2 is 1.84 bits per heavy atom. The molecule has 5 nitrogen and oxygen atoms in total. The summed E-state index contributed by atoms with van der Waals surface area (Å²) in [5, 5.41) is 13.9. The largest absolute Gasteiger partial charge is 0.436 e. The fourth-order valence-electron chi connectivity index (χ4n) is 3.55. The molecule has 5 rings (SSSR count). The molecule has 7 heteroatoms. The van der Waals surface area contributed by atoms with E-state index in [0.717, 1.165) is 22.4 Å². The molecule has 0 fully saturated rings. The van der Waals surface area contributed by atoms with Crippen molar-refractivity contribution >= 4 is 45.1 Å². The van der Waals surface area contributed by atoms with Gasteiger partial charge in [0.2, 0.25) is 5.89 Å². The molecule has 154 valence electrons. The van der Waals surface area contributed by atoms with E-state index < -0.39 is 11.7 Å². The van der Waals surface area contributed by atoms with Crippen LogP contribution in [-0.2, 0) is 0 Å². The molecule has 0 aliphatic carbocycles. The van der Waals surface area contributed by atoms with Crippen LogP contribution in [0.1, 0.15) is 15.9 Å². The van der Waals surface area contributed by atoms with Gasteiger partial charge >= 0.3 is 0 Å². The van der Waals surface area contributed by atoms with Crippen LogP contribution in [0.5, 0.6) is 0 Å². The lowest BCUT2D eigenvalue weighted by Crippen LogP contribution is -2.13. The minimum atomic E-state index is -0.763. The highest BCUT2D eigenvalue weighted by atomic mass is 35.5. The second-order valence-corrected chi connectivity index (χ2v) is 7.51. The second-order valence-electron chi connectivity index (χ2n) is 7.10. The number of aromatic nitrogens is 1. The average Bonchev–Trinajstić information content (AvgIpc) is 3.22. The first-order chi connectivity index (χ1) is 15.5. The van der Waals surface area contributed by atoms with Crippen molar-refractivity contribution in [1.82, 2.24) is 4.98 Å². The lowest BCUT2D eigenvalue weighted by molar-refractivity contribution is 0.102. The number of oxazole rings is 1. The van der Waals surface area contributed by atoms with E-state index in [1.807, 2.05) is 42.5 Å². The summed E-state index contributed by atoms with van der Waals surface area (Å²) in [6.07, 6.45) is 0. The summed E-state index contributed by atoms with van der Waals surface area (Å²) in [6, 6.07) is 21.9. The van der Waals surface area contributed by atoms with E-state index in [0.29, 0.717) is 27.7 Å². The molecule has 0 atom stereocenters. The number of nitrogens with zero attached hydrogens (tertiary/aromatic N) is 2. The van der Waals surface area contributed by atoms with Gasteiger partial charge in [-0.25, -0.2) is 9.37 Å². The Morgan fingerprint density at radius 3 is 2.66 bits per heavy atom. The molecule has 1 N–H and O–H groups in total. The van der Waals surface area contributed by atoms with E-state index in [9.17, 15) is 9.18 Å². The maximum absolute atomic E-state index is 14.1. The zero-order chi connectivity index (χ0) is 22.2. The molecule has 4 aromatic carbocycles. The third-order valence-electron chi connectivity index (χ3n) is 5.09. The molecular weight excluding hydrogens is 429 g/mol. The molecule has 0 bridgehead atoms. The summed E-state index contributed by atoms with van der Waals surface area (Å²) in [4.78, 5) is 17.1. The number of nitrogens with one attached hydrogen (secondary N) is 1. The molecule has 0 saturated carbocycles. The Hall–Kier alpha value is -4.21. The van der Waals surface area contributed by atoms with Crippen molar-refractivity contribution in [1.29, 1.82) is 5.26 Å². The minimum Gasteiger partial charge on any atom is -0.436 e. The van der Waals surface area contributed by atoms with Crippen LogP contribution < -0.4 is 5.32 Å². The maximum atomic E-state index is 14.1. The molecule has 1 amide bonds. The van der Waals surface area contributed by atoms with Gasteiger partial charge in [-0.2, -0.15) is 5.26 Å². The smallest absolute Gasteiger partial charge is 0.258 e. The van der Waals surface area contributed by atoms with Gasteiger partial charge in [0.15, 0.2) is 5.58 Å². The van der Waals surface area contributed by atoms with E-state index in [1.165, 1.54) is 12.1 Å². The molecule has 0 aliphatic heterocycles. The van der Waals surface area contributed by atoms with Gasteiger partial charge in [0, 0.05) is 21.7 Å². The summed E-state index contributed by atoms with van der Waals surface area (Å²) in [5.41, 5.74) is 2.31. The first kappa shape index (κ1) is 19.7. The quantitative estimate of drug-likeness (QED) is 0.343. The topological polar surface area (TPSA) is 78.9 Å². The number of carbonyl (C=O) groups excluding carboxylic acids is 1. The predicted octanol–water partition coefficient (Wildman–Crippen LogP) is 6.56. The zero-order valence-electron chi connectivity index (χ0n) is 16.4. The van der Waals surface area contributed by atoms with Crippen molar-refractivity contribution in [3.63, 3.8) is 0 Å². The van der Waals surface area contributed by atoms with Gasteiger partial charge < -0.3 is 9.73 Å². The van der Waals surface area contributed by atoms with Crippen LogP contribution in [0.3, 0.4) is 0 Å². The highest BCUT2D eigenvalue weighted by molar-refractivity contribution is 6.35. The van der Waals surface area contributed by atoms with Crippen LogP contribution >= 0.6 is 11.6 Å². The average molecular weight is 442 g/mol. The van der Waals surface area contributed by atoms with Crippen LogP contribution in [0.4, 0.5) is 10.1 Å². The fraction of sp³-hybridized carbons (Fsp3) is 0. The van der Waals surface area contributed by atoms with Gasteiger partial charge in [0.25, 0.3) is 5.91 Å². The Kier molecular flexibility index (Phi) is 4.81. The third-order valence-corrected chi connectivity index (χ3v) is 5.42. The third kappa shape index (κ3) is 3.45. The zero-order valence-corrected chi connectivity index (χ0v) is 17.2. The molecule has 1 heterocycles. The van der Waals surface area contributed by atoms with Crippen molar-refractivity contribution in [2.75, 3.05) is 5.32 Å². The molecule has 32 heavy (non-hydrogen) atoms. The summed E-state index contributed by atoms with van der Waals surface area (Å²) in [5.74, 6) is -0.964. The van der Waals surface area contributed by atoms with Gasteiger partial charge in [0.1, 0.15) is 11.3 Å². The monoisotopic (exact) mass is 441 g/mol. The predicted molar refractivity (Wildman–Crippen MR) is 121 cm³/mol. The lowest BCUT2D eigenvalue weighted by Gasteiger charge is -2.06. The Labute approximate surface area is 186 Å². The van der Waals surface area contributed by atoms with Crippen LogP contribution in [0.25, 0.3) is 33.3 Å². The van der Waals surface area contributed by atoms with E-state index in [-0.39, 0.29) is 11.1 Å². The Balaban J connectivity index is 1.48. The van der Waals surface area contributed by atoms with Gasteiger partial charge in [-0.3, -0.25) is 4.79 Å². The number of carbonyl (C=O) groups is 1. The highest BCUT2D eigenvalue weighted by Crippen LogP contribution is 2.34. The van der Waals surface area contributed by atoms with Crippen LogP contribution in [0, 0.1) is 17.1 Å². The number of nitriles is 1. The molecular formula is C25H13ClFN3O2. The van der Waals surface area contributed by atoms with Crippen molar-refractivity contribution in [2.45, 2.75) is 0 Å². The first-order valence-electron chi connectivity index (χ1n) is 9.63. The molecule has 0 unspecified atom stereocenters. The molecule has 0 saturated heterocycles. The second kappa shape index (κ2) is 7.80. The molecule has 0 spiro atoms. The molecule has 1 aromatic heterocycles. The number of benzene rings is 4. The van der Waals surface area contributed by atoms with E-state index in [2.05, 4.69) is 10.3 Å². The van der Waals surface area contributed by atoms with Gasteiger partial charge in [0.05, 0.1) is 17.2 Å². The molecule has 0 radical (unpaired) electrons.